The molecule has 2 nitrogen and oxygen atoms in total. The van der Waals surface area contributed by atoms with Gasteiger partial charge in [0.1, 0.15) is 17.3 Å². The van der Waals surface area contributed by atoms with Crippen molar-refractivity contribution in [1.82, 2.24) is 0 Å². The first kappa shape index (κ1) is 12.3. The van der Waals surface area contributed by atoms with E-state index in [2.05, 4.69) is 0 Å². The van der Waals surface area contributed by atoms with Gasteiger partial charge < -0.3 is 5.11 Å². The second kappa shape index (κ2) is 5.00. The lowest BCUT2D eigenvalue weighted by atomic mass is 9.95. The van der Waals surface area contributed by atoms with Crippen molar-refractivity contribution in [2.75, 3.05) is 0 Å². The molecule has 1 N–H and O–H groups in total. The Hall–Kier alpha value is -2.16. The molecule has 0 heterocycles. The van der Waals surface area contributed by atoms with Crippen LogP contribution in [0.25, 0.3) is 11.1 Å². The first-order chi connectivity index (χ1) is 8.59. The Morgan fingerprint density at radius 1 is 1.11 bits per heavy atom. The summed E-state index contributed by atoms with van der Waals surface area (Å²) in [7, 11) is 0. The standard InChI is InChI=1S/C15H13FO2/c1-10(17)9-13-11(6-4-8-15(13)18)12-5-2-3-7-14(12)16/h2-8,18H,9H2,1H3. The Kier molecular flexibility index (Phi) is 3.42. The molecule has 0 aliphatic heterocycles. The summed E-state index contributed by atoms with van der Waals surface area (Å²) >= 11 is 0. The number of benzene rings is 2. The highest BCUT2D eigenvalue weighted by atomic mass is 19.1. The van der Waals surface area contributed by atoms with Crippen LogP contribution in [0, 0.1) is 5.82 Å². The predicted octanol–water partition coefficient (Wildman–Crippen LogP) is 3.33. The highest BCUT2D eigenvalue weighted by molar-refractivity contribution is 5.83. The molecule has 0 aliphatic carbocycles. The van der Waals surface area contributed by atoms with Crippen LogP contribution in [-0.2, 0) is 11.2 Å². The van der Waals surface area contributed by atoms with E-state index in [0.29, 0.717) is 16.7 Å². The van der Waals surface area contributed by atoms with Gasteiger partial charge in [-0.3, -0.25) is 4.79 Å². The van der Waals surface area contributed by atoms with Crippen molar-refractivity contribution >= 4 is 5.78 Å². The Labute approximate surface area is 105 Å². The maximum absolute atomic E-state index is 13.8. The highest BCUT2D eigenvalue weighted by Gasteiger charge is 2.13. The van der Waals surface area contributed by atoms with Crippen LogP contribution in [-0.4, -0.2) is 10.9 Å². The molecule has 0 unspecified atom stereocenters. The molecule has 0 radical (unpaired) electrons. The van der Waals surface area contributed by atoms with Crippen LogP contribution in [0.2, 0.25) is 0 Å². The summed E-state index contributed by atoms with van der Waals surface area (Å²) in [6.45, 7) is 1.44. The van der Waals surface area contributed by atoms with Crippen LogP contribution in [0.1, 0.15) is 12.5 Å². The third-order valence-corrected chi connectivity index (χ3v) is 2.74. The minimum absolute atomic E-state index is 0.0194. The van der Waals surface area contributed by atoms with E-state index in [-0.39, 0.29) is 23.8 Å². The van der Waals surface area contributed by atoms with E-state index in [1.165, 1.54) is 19.1 Å². The van der Waals surface area contributed by atoms with Gasteiger partial charge in [0, 0.05) is 17.5 Å². The van der Waals surface area contributed by atoms with Crippen molar-refractivity contribution in [1.29, 1.82) is 0 Å². The Balaban J connectivity index is 2.61. The zero-order valence-electron chi connectivity index (χ0n) is 9.98. The molecule has 2 rings (SSSR count). The van der Waals surface area contributed by atoms with Crippen molar-refractivity contribution in [3.05, 3.63) is 53.8 Å². The molecular formula is C15H13FO2. The van der Waals surface area contributed by atoms with E-state index in [4.69, 9.17) is 0 Å². The average molecular weight is 244 g/mol. The fraction of sp³-hybridized carbons (Fsp3) is 0.133. The molecule has 0 saturated heterocycles. The number of rotatable bonds is 3. The molecule has 2 aromatic rings. The molecule has 2 aromatic carbocycles. The zero-order chi connectivity index (χ0) is 13.1. The van der Waals surface area contributed by atoms with Crippen LogP contribution in [0.3, 0.4) is 0 Å². The SMILES string of the molecule is CC(=O)Cc1c(O)cccc1-c1ccccc1F. The molecule has 18 heavy (non-hydrogen) atoms. The van der Waals surface area contributed by atoms with E-state index in [1.54, 1.807) is 30.3 Å². The summed E-state index contributed by atoms with van der Waals surface area (Å²) < 4.78 is 13.8. The lowest BCUT2D eigenvalue weighted by Crippen LogP contribution is -2.00. The summed E-state index contributed by atoms with van der Waals surface area (Å²) in [5.41, 5.74) is 1.42. The van der Waals surface area contributed by atoms with Crippen molar-refractivity contribution in [3.8, 4) is 16.9 Å². The van der Waals surface area contributed by atoms with Crippen LogP contribution in [0.4, 0.5) is 4.39 Å². The molecule has 3 heteroatoms. The monoisotopic (exact) mass is 244 g/mol. The summed E-state index contributed by atoms with van der Waals surface area (Å²) in [6, 6.07) is 11.2. The number of halogens is 1. The normalized spacial score (nSPS) is 10.3. The van der Waals surface area contributed by atoms with E-state index in [9.17, 15) is 14.3 Å². The number of aromatic hydroxyl groups is 1. The van der Waals surface area contributed by atoms with Gasteiger partial charge in [0.05, 0.1) is 0 Å². The van der Waals surface area contributed by atoms with Crippen molar-refractivity contribution in [2.24, 2.45) is 0 Å². The van der Waals surface area contributed by atoms with Gasteiger partial charge in [0.15, 0.2) is 0 Å². The molecule has 0 aliphatic rings. The maximum atomic E-state index is 13.8. The largest absolute Gasteiger partial charge is 0.508 e. The molecule has 0 bridgehead atoms. The fourth-order valence-electron chi connectivity index (χ4n) is 1.94. The first-order valence-electron chi connectivity index (χ1n) is 5.65. The van der Waals surface area contributed by atoms with E-state index in [1.807, 2.05) is 0 Å². The van der Waals surface area contributed by atoms with Gasteiger partial charge in [-0.15, -0.1) is 0 Å². The number of phenols is 1. The lowest BCUT2D eigenvalue weighted by molar-refractivity contribution is -0.116. The number of hydrogen-bond acceptors (Lipinski definition) is 2. The minimum atomic E-state index is -0.368. The molecule has 0 amide bonds. The molecule has 92 valence electrons. The maximum Gasteiger partial charge on any atom is 0.134 e. The van der Waals surface area contributed by atoms with Crippen molar-refractivity contribution < 1.29 is 14.3 Å². The fourth-order valence-corrected chi connectivity index (χ4v) is 1.94. The number of Topliss-reactive ketones (excluding diaryl/α,β-unsaturated/α-hetero) is 1. The van der Waals surface area contributed by atoms with Crippen LogP contribution >= 0.6 is 0 Å². The van der Waals surface area contributed by atoms with Gasteiger partial charge in [-0.05, 0) is 24.6 Å². The first-order valence-corrected chi connectivity index (χ1v) is 5.65. The van der Waals surface area contributed by atoms with Crippen LogP contribution in [0.15, 0.2) is 42.5 Å². The smallest absolute Gasteiger partial charge is 0.134 e. The number of ketones is 1. The van der Waals surface area contributed by atoms with Crippen molar-refractivity contribution in [3.63, 3.8) is 0 Å². The number of hydrogen-bond donors (Lipinski definition) is 1. The van der Waals surface area contributed by atoms with Gasteiger partial charge in [-0.25, -0.2) is 4.39 Å². The van der Waals surface area contributed by atoms with E-state index in [0.717, 1.165) is 0 Å². The number of phenolic OH excluding ortho intramolecular Hbond substituents is 1. The van der Waals surface area contributed by atoms with Crippen molar-refractivity contribution in [2.45, 2.75) is 13.3 Å². The quantitative estimate of drug-likeness (QED) is 0.899. The zero-order valence-corrected chi connectivity index (χ0v) is 9.98. The molecule has 0 saturated carbocycles. The highest BCUT2D eigenvalue weighted by Crippen LogP contribution is 2.32. The third kappa shape index (κ3) is 2.40. The number of carbonyl (C=O) groups excluding carboxylic acids is 1. The van der Waals surface area contributed by atoms with Gasteiger partial charge in [0.2, 0.25) is 0 Å². The average Bonchev–Trinajstić information content (AvgIpc) is 2.32. The Morgan fingerprint density at radius 3 is 2.44 bits per heavy atom. The second-order valence-corrected chi connectivity index (χ2v) is 4.16. The summed E-state index contributed by atoms with van der Waals surface area (Å²) in [6.07, 6.45) is 0.0936. The van der Waals surface area contributed by atoms with E-state index < -0.39 is 0 Å². The molecule has 0 fully saturated rings. The summed E-state index contributed by atoms with van der Waals surface area (Å²) in [4.78, 5) is 11.2. The van der Waals surface area contributed by atoms with Gasteiger partial charge in [-0.1, -0.05) is 30.3 Å². The van der Waals surface area contributed by atoms with Gasteiger partial charge >= 0.3 is 0 Å². The minimum Gasteiger partial charge on any atom is -0.508 e. The Bertz CT molecular complexity index is 591. The van der Waals surface area contributed by atoms with Crippen LogP contribution < -0.4 is 0 Å². The summed E-state index contributed by atoms with van der Waals surface area (Å²) in [5.74, 6) is -0.423. The second-order valence-electron chi connectivity index (χ2n) is 4.16. The molecule has 0 spiro atoms. The molecule has 0 atom stereocenters. The molecule has 0 aromatic heterocycles. The van der Waals surface area contributed by atoms with Gasteiger partial charge in [0.25, 0.3) is 0 Å². The number of carbonyl (C=O) groups is 1. The molecular weight excluding hydrogens is 231 g/mol. The summed E-state index contributed by atoms with van der Waals surface area (Å²) in [5, 5.41) is 9.82. The topological polar surface area (TPSA) is 37.3 Å². The predicted molar refractivity (Wildman–Crippen MR) is 67.9 cm³/mol. The lowest BCUT2D eigenvalue weighted by Gasteiger charge is -2.11. The van der Waals surface area contributed by atoms with Gasteiger partial charge in [-0.2, -0.15) is 0 Å². The van der Waals surface area contributed by atoms with E-state index >= 15 is 0 Å². The van der Waals surface area contributed by atoms with Crippen LogP contribution in [0.5, 0.6) is 5.75 Å². The Morgan fingerprint density at radius 2 is 1.78 bits per heavy atom. The third-order valence-electron chi connectivity index (χ3n) is 2.74.